The van der Waals surface area contributed by atoms with Crippen LogP contribution in [0.5, 0.6) is 0 Å². The van der Waals surface area contributed by atoms with E-state index in [1.165, 1.54) is 12.4 Å². The average molecular weight is 461 g/mol. The van der Waals surface area contributed by atoms with E-state index in [1.807, 2.05) is 20.8 Å². The summed E-state index contributed by atoms with van der Waals surface area (Å²) in [7, 11) is 0. The van der Waals surface area contributed by atoms with Gasteiger partial charge < -0.3 is 4.74 Å². The van der Waals surface area contributed by atoms with Crippen molar-refractivity contribution in [2.75, 3.05) is 0 Å². The fourth-order valence-electron chi connectivity index (χ4n) is 3.06. The van der Waals surface area contributed by atoms with Gasteiger partial charge in [0.15, 0.2) is 23.3 Å². The number of benzene rings is 1. The fraction of sp³-hybridized carbons (Fsp3) is 0.500. The predicted octanol–water partition coefficient (Wildman–Crippen LogP) is 5.94. The van der Waals surface area contributed by atoms with Crippen LogP contribution in [-0.4, -0.2) is 15.9 Å². The zero-order chi connectivity index (χ0) is 23.7. The lowest BCUT2D eigenvalue weighted by atomic mass is 9.77. The van der Waals surface area contributed by atoms with Crippen molar-refractivity contribution in [1.29, 1.82) is 0 Å². The maximum absolute atomic E-state index is 14.2. The van der Waals surface area contributed by atoms with Crippen molar-refractivity contribution in [3.8, 4) is 0 Å². The Morgan fingerprint density at radius 1 is 0.935 bits per heavy atom. The molecule has 2 rings (SSSR count). The summed E-state index contributed by atoms with van der Waals surface area (Å²) in [5, 5.41) is 0. The summed E-state index contributed by atoms with van der Waals surface area (Å²) in [6, 6.07) is 0. The Kier molecular flexibility index (Phi) is 7.35. The molecule has 31 heavy (non-hydrogen) atoms. The molecule has 0 aliphatic carbocycles. The number of nitrogens with zero attached hydrogens (tertiary/aromatic N) is 2. The second kappa shape index (κ2) is 9.10. The van der Waals surface area contributed by atoms with Gasteiger partial charge in [0.2, 0.25) is 0 Å². The molecule has 1 aromatic carbocycles. The Morgan fingerprint density at radius 3 is 1.77 bits per heavy atom. The standard InChI is InChI=1S/C22H25ClF4N2O2/c1-21(2,3)14(11-8-28-20(29-9-11)22(4,5)6)19(30)31-10-13-17(26)15(24)12(7-23)16(25)18(13)27/h8-9,14H,7,10H2,1-6H3. The topological polar surface area (TPSA) is 52.1 Å². The summed E-state index contributed by atoms with van der Waals surface area (Å²) in [5.74, 6) is -8.41. The first-order valence-electron chi connectivity index (χ1n) is 9.58. The fourth-order valence-corrected chi connectivity index (χ4v) is 3.29. The molecule has 0 fully saturated rings. The highest BCUT2D eigenvalue weighted by atomic mass is 35.5. The molecule has 0 bridgehead atoms. The number of halogens is 5. The van der Waals surface area contributed by atoms with Gasteiger partial charge in [0, 0.05) is 28.9 Å². The van der Waals surface area contributed by atoms with Crippen molar-refractivity contribution < 1.29 is 27.1 Å². The smallest absolute Gasteiger partial charge is 0.314 e. The largest absolute Gasteiger partial charge is 0.460 e. The number of esters is 1. The number of aromatic nitrogens is 2. The van der Waals surface area contributed by atoms with Gasteiger partial charge in [0.1, 0.15) is 12.4 Å². The lowest BCUT2D eigenvalue weighted by molar-refractivity contribution is -0.149. The highest BCUT2D eigenvalue weighted by Crippen LogP contribution is 2.36. The first-order chi connectivity index (χ1) is 14.2. The second-order valence-electron chi connectivity index (χ2n) is 9.34. The number of alkyl halides is 1. The van der Waals surface area contributed by atoms with E-state index in [0.717, 1.165) is 0 Å². The van der Waals surface area contributed by atoms with Crippen LogP contribution in [0.3, 0.4) is 0 Å². The Morgan fingerprint density at radius 2 is 1.39 bits per heavy atom. The van der Waals surface area contributed by atoms with Crippen molar-refractivity contribution in [3.63, 3.8) is 0 Å². The summed E-state index contributed by atoms with van der Waals surface area (Å²) >= 11 is 5.35. The normalized spacial score (nSPS) is 13.3. The van der Waals surface area contributed by atoms with E-state index >= 15 is 0 Å². The molecule has 0 radical (unpaired) electrons. The van der Waals surface area contributed by atoms with E-state index in [1.54, 1.807) is 20.8 Å². The van der Waals surface area contributed by atoms with Crippen LogP contribution < -0.4 is 0 Å². The van der Waals surface area contributed by atoms with Gasteiger partial charge in [0.05, 0.1) is 17.4 Å². The minimum atomic E-state index is -1.65. The van der Waals surface area contributed by atoms with Crippen LogP contribution in [0.1, 0.15) is 70.0 Å². The second-order valence-corrected chi connectivity index (χ2v) is 9.61. The molecule has 0 N–H and O–H groups in total. The number of ether oxygens (including phenoxy) is 1. The number of carbonyl (C=O) groups excluding carboxylic acids is 1. The monoisotopic (exact) mass is 460 g/mol. The molecule has 0 aliphatic heterocycles. The zero-order valence-electron chi connectivity index (χ0n) is 18.2. The molecule has 0 saturated heterocycles. The molecule has 0 aliphatic rings. The van der Waals surface area contributed by atoms with Crippen molar-refractivity contribution in [2.24, 2.45) is 5.41 Å². The zero-order valence-corrected chi connectivity index (χ0v) is 19.0. The summed E-state index contributed by atoms with van der Waals surface area (Å²) in [5.41, 5.74) is -2.46. The number of hydrogen-bond acceptors (Lipinski definition) is 4. The Bertz CT molecular complexity index is 938. The Balaban J connectivity index is 2.34. The van der Waals surface area contributed by atoms with Gasteiger partial charge in [-0.05, 0) is 5.41 Å². The van der Waals surface area contributed by atoms with Crippen LogP contribution in [0.15, 0.2) is 12.4 Å². The maximum Gasteiger partial charge on any atom is 0.314 e. The molecular formula is C22H25ClF4N2O2. The number of rotatable bonds is 5. The molecule has 9 heteroatoms. The molecule has 170 valence electrons. The molecule has 2 aromatic rings. The van der Waals surface area contributed by atoms with Crippen molar-refractivity contribution in [1.82, 2.24) is 9.97 Å². The summed E-state index contributed by atoms with van der Waals surface area (Å²) in [6.45, 7) is 10.1. The van der Waals surface area contributed by atoms with E-state index in [0.29, 0.717) is 11.4 Å². The van der Waals surface area contributed by atoms with Crippen molar-refractivity contribution in [3.05, 3.63) is 58.2 Å². The third-order valence-corrected chi connectivity index (χ3v) is 4.98. The Labute approximate surface area is 184 Å². The van der Waals surface area contributed by atoms with Crippen LogP contribution in [0.2, 0.25) is 0 Å². The SMILES string of the molecule is CC(C)(C)c1ncc(C(C(=O)OCc2c(F)c(F)c(CCl)c(F)c2F)C(C)(C)C)cn1. The van der Waals surface area contributed by atoms with Gasteiger partial charge >= 0.3 is 5.97 Å². The highest BCUT2D eigenvalue weighted by molar-refractivity contribution is 6.17. The quantitative estimate of drug-likeness (QED) is 0.240. The van der Waals surface area contributed by atoms with E-state index in [4.69, 9.17) is 16.3 Å². The highest BCUT2D eigenvalue weighted by Gasteiger charge is 2.36. The average Bonchev–Trinajstić information content (AvgIpc) is 2.65. The summed E-state index contributed by atoms with van der Waals surface area (Å²) in [6.07, 6.45) is 3.00. The molecule has 1 atom stereocenters. The van der Waals surface area contributed by atoms with Gasteiger partial charge in [-0.1, -0.05) is 41.5 Å². The minimum absolute atomic E-state index is 0.297. The molecule has 0 saturated carbocycles. The lowest BCUT2D eigenvalue weighted by Gasteiger charge is -2.29. The third-order valence-electron chi connectivity index (χ3n) is 4.72. The van der Waals surface area contributed by atoms with Crippen molar-refractivity contribution in [2.45, 2.75) is 65.4 Å². The van der Waals surface area contributed by atoms with Crippen LogP contribution in [0, 0.1) is 28.7 Å². The van der Waals surface area contributed by atoms with Crippen LogP contribution >= 0.6 is 11.6 Å². The molecular weight excluding hydrogens is 436 g/mol. The van der Waals surface area contributed by atoms with Crippen LogP contribution in [0.4, 0.5) is 17.6 Å². The molecule has 1 heterocycles. The number of hydrogen-bond donors (Lipinski definition) is 0. The molecule has 4 nitrogen and oxygen atoms in total. The van der Waals surface area contributed by atoms with E-state index in [9.17, 15) is 22.4 Å². The van der Waals surface area contributed by atoms with E-state index in [2.05, 4.69) is 9.97 Å². The van der Waals surface area contributed by atoms with Crippen LogP contribution in [-0.2, 0) is 27.4 Å². The van der Waals surface area contributed by atoms with Crippen molar-refractivity contribution >= 4 is 17.6 Å². The number of carbonyl (C=O) groups is 1. The summed E-state index contributed by atoms with van der Waals surface area (Å²) < 4.78 is 61.4. The molecule has 1 aromatic heterocycles. The molecule has 1 unspecified atom stereocenters. The Hall–Kier alpha value is -2.22. The van der Waals surface area contributed by atoms with E-state index in [-0.39, 0.29) is 5.41 Å². The predicted molar refractivity (Wildman–Crippen MR) is 109 cm³/mol. The molecule has 0 spiro atoms. The van der Waals surface area contributed by atoms with Gasteiger partial charge in [-0.25, -0.2) is 27.5 Å². The van der Waals surface area contributed by atoms with Gasteiger partial charge in [-0.15, -0.1) is 11.6 Å². The maximum atomic E-state index is 14.2. The summed E-state index contributed by atoms with van der Waals surface area (Å²) in [4.78, 5) is 21.4. The minimum Gasteiger partial charge on any atom is -0.460 e. The van der Waals surface area contributed by atoms with Gasteiger partial charge in [0.25, 0.3) is 0 Å². The first-order valence-corrected chi connectivity index (χ1v) is 10.1. The molecule has 0 amide bonds. The van der Waals surface area contributed by atoms with Gasteiger partial charge in [-0.2, -0.15) is 0 Å². The first kappa shape index (κ1) is 25.0. The van der Waals surface area contributed by atoms with Gasteiger partial charge in [-0.3, -0.25) is 4.79 Å². The van der Waals surface area contributed by atoms with E-state index < -0.39 is 64.2 Å². The third kappa shape index (κ3) is 5.34. The van der Waals surface area contributed by atoms with Crippen LogP contribution in [0.25, 0.3) is 0 Å². The lowest BCUT2D eigenvalue weighted by Crippen LogP contribution is -2.29.